The molecule has 4 heterocycles. The molecule has 0 saturated carbocycles. The number of anilines is 2. The van der Waals surface area contributed by atoms with Crippen LogP contribution >= 0.6 is 23.1 Å². The van der Waals surface area contributed by atoms with Crippen molar-refractivity contribution in [1.82, 2.24) is 24.6 Å². The summed E-state index contributed by atoms with van der Waals surface area (Å²) < 4.78 is 3.18. The molecule has 4 aromatic rings. The predicted molar refractivity (Wildman–Crippen MR) is 111 cm³/mol. The van der Waals surface area contributed by atoms with Crippen LogP contribution in [0.5, 0.6) is 0 Å². The number of aromatic nitrogens is 5. The van der Waals surface area contributed by atoms with Crippen molar-refractivity contribution in [1.29, 1.82) is 0 Å². The number of hydrogen-bond donors (Lipinski definition) is 0. The first kappa shape index (κ1) is 16.8. The van der Waals surface area contributed by atoms with Gasteiger partial charge in [-0.25, -0.2) is 9.97 Å². The van der Waals surface area contributed by atoms with Crippen LogP contribution in [-0.2, 0) is 0 Å². The second-order valence-electron chi connectivity index (χ2n) is 6.47. The first-order valence-electron chi connectivity index (χ1n) is 8.90. The minimum atomic E-state index is 0.815. The van der Waals surface area contributed by atoms with Crippen LogP contribution < -0.4 is 9.80 Å². The van der Waals surface area contributed by atoms with Crippen molar-refractivity contribution in [2.75, 3.05) is 42.2 Å². The van der Waals surface area contributed by atoms with Crippen LogP contribution in [0.2, 0.25) is 0 Å². The van der Waals surface area contributed by atoms with Crippen molar-refractivity contribution in [3.05, 3.63) is 36.9 Å². The van der Waals surface area contributed by atoms with Gasteiger partial charge in [-0.05, 0) is 30.9 Å². The van der Waals surface area contributed by atoms with E-state index in [9.17, 15) is 0 Å². The maximum Gasteiger partial charge on any atom is 0.203 e. The van der Waals surface area contributed by atoms with E-state index in [0.717, 1.165) is 54.7 Å². The summed E-state index contributed by atoms with van der Waals surface area (Å²) in [6.07, 6.45) is 8.58. The van der Waals surface area contributed by atoms with Crippen molar-refractivity contribution in [3.8, 4) is 0 Å². The summed E-state index contributed by atoms with van der Waals surface area (Å²) in [7, 11) is 0. The van der Waals surface area contributed by atoms with Crippen molar-refractivity contribution in [3.63, 3.8) is 0 Å². The molecule has 9 heteroatoms. The molecular formula is C18H19N7S2. The maximum atomic E-state index is 4.87. The van der Waals surface area contributed by atoms with Crippen molar-refractivity contribution < 1.29 is 0 Å². The third-order valence-electron chi connectivity index (χ3n) is 4.85. The Hall–Kier alpha value is -2.39. The Balaban J connectivity index is 1.39. The Morgan fingerprint density at radius 2 is 2.00 bits per heavy atom. The zero-order valence-electron chi connectivity index (χ0n) is 14.9. The molecule has 1 aliphatic rings. The highest BCUT2D eigenvalue weighted by Crippen LogP contribution is 2.32. The van der Waals surface area contributed by atoms with E-state index in [4.69, 9.17) is 4.98 Å². The minimum absolute atomic E-state index is 0.815. The molecule has 27 heavy (non-hydrogen) atoms. The zero-order chi connectivity index (χ0) is 18.2. The van der Waals surface area contributed by atoms with E-state index in [0.29, 0.717) is 0 Å². The van der Waals surface area contributed by atoms with Crippen molar-refractivity contribution in [2.24, 2.45) is 0 Å². The van der Waals surface area contributed by atoms with Crippen LogP contribution in [0, 0.1) is 0 Å². The Bertz CT molecular complexity index is 1090. The fourth-order valence-corrected chi connectivity index (χ4v) is 5.01. The third-order valence-corrected chi connectivity index (χ3v) is 6.65. The van der Waals surface area contributed by atoms with Gasteiger partial charge < -0.3 is 9.80 Å². The van der Waals surface area contributed by atoms with Gasteiger partial charge in [0.2, 0.25) is 5.65 Å². The highest BCUT2D eigenvalue weighted by molar-refractivity contribution is 7.98. The number of rotatable bonds is 3. The molecule has 0 atom stereocenters. The van der Waals surface area contributed by atoms with Crippen LogP contribution in [-0.4, -0.2) is 57.0 Å². The number of nitrogens with zero attached hydrogens (tertiary/aromatic N) is 7. The SMILES string of the molecule is CSc1ccc2nc(N3CCCN(c4nccn5cnnc45)CC3)sc2c1. The summed E-state index contributed by atoms with van der Waals surface area (Å²) in [4.78, 5) is 15.4. The summed E-state index contributed by atoms with van der Waals surface area (Å²) in [5.74, 6) is 0.908. The van der Waals surface area contributed by atoms with E-state index < -0.39 is 0 Å². The lowest BCUT2D eigenvalue weighted by atomic mass is 10.3. The number of benzene rings is 1. The molecule has 1 fully saturated rings. The molecule has 0 aliphatic carbocycles. The lowest BCUT2D eigenvalue weighted by Gasteiger charge is -2.22. The van der Waals surface area contributed by atoms with Gasteiger partial charge in [0.1, 0.15) is 6.33 Å². The molecule has 0 bridgehead atoms. The molecule has 7 nitrogen and oxygen atoms in total. The molecule has 0 radical (unpaired) electrons. The molecule has 0 N–H and O–H groups in total. The summed E-state index contributed by atoms with van der Waals surface area (Å²) in [6.45, 7) is 3.77. The smallest absolute Gasteiger partial charge is 0.203 e. The fraction of sp³-hybridized carbons (Fsp3) is 0.333. The fourth-order valence-electron chi connectivity index (χ4n) is 3.44. The highest BCUT2D eigenvalue weighted by Gasteiger charge is 2.21. The van der Waals surface area contributed by atoms with Crippen LogP contribution in [0.1, 0.15) is 6.42 Å². The molecule has 1 aromatic carbocycles. The number of fused-ring (bicyclic) bond motifs is 2. The van der Waals surface area contributed by atoms with E-state index >= 15 is 0 Å². The molecular weight excluding hydrogens is 378 g/mol. The largest absolute Gasteiger partial charge is 0.352 e. The van der Waals surface area contributed by atoms with Gasteiger partial charge in [-0.1, -0.05) is 11.3 Å². The van der Waals surface area contributed by atoms with E-state index in [1.165, 1.54) is 9.60 Å². The topological polar surface area (TPSA) is 62.5 Å². The van der Waals surface area contributed by atoms with Crippen molar-refractivity contribution in [2.45, 2.75) is 11.3 Å². The minimum Gasteiger partial charge on any atom is -0.352 e. The Morgan fingerprint density at radius 1 is 1.11 bits per heavy atom. The van der Waals surface area contributed by atoms with Gasteiger partial charge in [-0.2, -0.15) is 0 Å². The second-order valence-corrected chi connectivity index (χ2v) is 8.36. The lowest BCUT2D eigenvalue weighted by molar-refractivity contribution is 0.796. The average molecular weight is 398 g/mol. The summed E-state index contributed by atoms with van der Waals surface area (Å²) >= 11 is 3.55. The normalized spacial score (nSPS) is 15.6. The summed E-state index contributed by atoms with van der Waals surface area (Å²) in [5.41, 5.74) is 1.90. The van der Waals surface area contributed by atoms with Gasteiger partial charge in [0.15, 0.2) is 10.9 Å². The molecule has 0 unspecified atom stereocenters. The van der Waals surface area contributed by atoms with Gasteiger partial charge >= 0.3 is 0 Å². The van der Waals surface area contributed by atoms with Crippen molar-refractivity contribution >= 4 is 49.9 Å². The second kappa shape index (κ2) is 6.97. The van der Waals surface area contributed by atoms with Crippen LogP contribution in [0.3, 0.4) is 0 Å². The van der Waals surface area contributed by atoms with Gasteiger partial charge in [0.05, 0.1) is 10.2 Å². The molecule has 0 spiro atoms. The van der Waals surface area contributed by atoms with Crippen LogP contribution in [0.4, 0.5) is 10.9 Å². The van der Waals surface area contributed by atoms with E-state index in [1.54, 1.807) is 29.4 Å². The van der Waals surface area contributed by atoms with Gasteiger partial charge in [0, 0.05) is 43.5 Å². The average Bonchev–Trinajstić information content (AvgIpc) is 3.27. The third kappa shape index (κ3) is 3.10. The van der Waals surface area contributed by atoms with E-state index in [-0.39, 0.29) is 0 Å². The lowest BCUT2D eigenvalue weighted by Crippen LogP contribution is -2.31. The molecule has 1 aliphatic heterocycles. The Kier molecular flexibility index (Phi) is 4.33. The number of hydrogen-bond acceptors (Lipinski definition) is 8. The highest BCUT2D eigenvalue weighted by atomic mass is 32.2. The van der Waals surface area contributed by atoms with Gasteiger partial charge in [-0.15, -0.1) is 22.0 Å². The predicted octanol–water partition coefficient (Wildman–Crippen LogP) is 3.17. The first-order chi connectivity index (χ1) is 13.3. The van der Waals surface area contributed by atoms with Crippen LogP contribution in [0.25, 0.3) is 15.9 Å². The van der Waals surface area contributed by atoms with Gasteiger partial charge in [0.25, 0.3) is 0 Å². The monoisotopic (exact) mass is 397 g/mol. The molecule has 138 valence electrons. The Morgan fingerprint density at radius 3 is 2.93 bits per heavy atom. The molecule has 3 aromatic heterocycles. The van der Waals surface area contributed by atoms with E-state index in [1.807, 2.05) is 16.8 Å². The molecule has 1 saturated heterocycles. The number of thiazole rings is 1. The van der Waals surface area contributed by atoms with E-state index in [2.05, 4.69) is 49.4 Å². The summed E-state index contributed by atoms with van der Waals surface area (Å²) in [6, 6.07) is 6.51. The zero-order valence-corrected chi connectivity index (χ0v) is 16.6. The Labute approximate surface area is 165 Å². The standard InChI is InChI=1S/C18H19N7S2/c1-26-13-3-4-14-15(11-13)27-18(21-14)24-7-2-6-23(9-10-24)16-17-22-20-12-25(17)8-5-19-16/h3-5,8,11-12H,2,6-7,9-10H2,1H3. The molecule has 0 amide bonds. The van der Waals surface area contributed by atoms with Crippen LogP contribution in [0.15, 0.2) is 41.8 Å². The molecule has 5 rings (SSSR count). The number of thioether (sulfide) groups is 1. The summed E-state index contributed by atoms with van der Waals surface area (Å²) in [5, 5.41) is 9.35. The van der Waals surface area contributed by atoms with Gasteiger partial charge in [-0.3, -0.25) is 4.40 Å². The quantitative estimate of drug-likeness (QED) is 0.492. The maximum absolute atomic E-state index is 4.87. The first-order valence-corrected chi connectivity index (χ1v) is 10.9.